The van der Waals surface area contributed by atoms with E-state index in [4.69, 9.17) is 9.26 Å². The van der Waals surface area contributed by atoms with Crippen LogP contribution in [0.15, 0.2) is 10.6 Å². The highest BCUT2D eigenvalue weighted by atomic mass is 16.5. The van der Waals surface area contributed by atoms with Gasteiger partial charge in [0.15, 0.2) is 5.82 Å². The molecule has 1 aliphatic rings. The molecule has 2 N–H and O–H groups in total. The zero-order chi connectivity index (χ0) is 14.5. The van der Waals surface area contributed by atoms with Gasteiger partial charge in [0, 0.05) is 26.2 Å². The van der Waals surface area contributed by atoms with Crippen LogP contribution in [-0.2, 0) is 14.3 Å². The van der Waals surface area contributed by atoms with E-state index in [9.17, 15) is 9.59 Å². The van der Waals surface area contributed by atoms with Gasteiger partial charge in [-0.25, -0.2) is 0 Å². The fourth-order valence-corrected chi connectivity index (χ4v) is 1.87. The lowest BCUT2D eigenvalue weighted by molar-refractivity contribution is -0.145. The van der Waals surface area contributed by atoms with Gasteiger partial charge in [-0.15, -0.1) is 0 Å². The van der Waals surface area contributed by atoms with E-state index in [2.05, 4.69) is 15.8 Å². The van der Waals surface area contributed by atoms with E-state index >= 15 is 0 Å². The lowest BCUT2D eigenvalue weighted by Gasteiger charge is -2.26. The van der Waals surface area contributed by atoms with Crippen LogP contribution in [0.1, 0.15) is 5.76 Å². The topological polar surface area (TPSA) is 96.7 Å². The number of aryl methyl sites for hydroxylation is 1. The molecule has 0 aliphatic carbocycles. The number of carbonyl (C=O) groups is 2. The molecule has 1 unspecified atom stereocenters. The Kier molecular flexibility index (Phi) is 4.70. The molecule has 0 bridgehead atoms. The SMILES string of the molecule is Cc1cc(NC(=O)CN(C)C(=O)C2CNCCO2)no1. The number of ether oxygens (including phenoxy) is 1. The standard InChI is InChI=1S/C12H18N4O4/c1-8-5-10(15-20-8)14-11(17)7-16(2)12(18)9-6-13-3-4-19-9/h5,9,13H,3-4,6-7H2,1-2H3,(H,14,15,17). The second-order valence-corrected chi connectivity index (χ2v) is 4.63. The Hall–Kier alpha value is -1.93. The summed E-state index contributed by atoms with van der Waals surface area (Å²) in [7, 11) is 1.56. The third-order valence-corrected chi connectivity index (χ3v) is 2.86. The summed E-state index contributed by atoms with van der Waals surface area (Å²) >= 11 is 0. The first kappa shape index (κ1) is 14.5. The van der Waals surface area contributed by atoms with E-state index in [-0.39, 0.29) is 18.4 Å². The van der Waals surface area contributed by atoms with Crippen LogP contribution >= 0.6 is 0 Å². The Morgan fingerprint density at radius 3 is 3.00 bits per heavy atom. The van der Waals surface area contributed by atoms with E-state index in [0.29, 0.717) is 24.7 Å². The predicted octanol–water partition coefficient (Wildman–Crippen LogP) is -0.632. The Morgan fingerprint density at radius 2 is 2.40 bits per heavy atom. The van der Waals surface area contributed by atoms with Crippen LogP contribution in [0.4, 0.5) is 5.82 Å². The average molecular weight is 282 g/mol. The van der Waals surface area contributed by atoms with Crippen LogP contribution in [-0.4, -0.2) is 61.3 Å². The lowest BCUT2D eigenvalue weighted by atomic mass is 10.2. The predicted molar refractivity (Wildman–Crippen MR) is 70.1 cm³/mol. The monoisotopic (exact) mass is 282 g/mol. The number of nitrogens with one attached hydrogen (secondary N) is 2. The highest BCUT2D eigenvalue weighted by molar-refractivity contribution is 5.94. The minimum absolute atomic E-state index is 0.0649. The van der Waals surface area contributed by atoms with Crippen LogP contribution in [0, 0.1) is 6.92 Å². The molecule has 20 heavy (non-hydrogen) atoms. The summed E-state index contributed by atoms with van der Waals surface area (Å²) in [5.41, 5.74) is 0. The molecule has 8 nitrogen and oxygen atoms in total. The van der Waals surface area contributed by atoms with Crippen LogP contribution in [0.3, 0.4) is 0 Å². The molecule has 110 valence electrons. The van der Waals surface area contributed by atoms with Crippen molar-refractivity contribution in [2.75, 3.05) is 38.6 Å². The van der Waals surface area contributed by atoms with Crippen molar-refractivity contribution in [1.82, 2.24) is 15.4 Å². The van der Waals surface area contributed by atoms with E-state index in [1.807, 2.05) is 0 Å². The van der Waals surface area contributed by atoms with E-state index in [1.165, 1.54) is 4.90 Å². The fourth-order valence-electron chi connectivity index (χ4n) is 1.87. The zero-order valence-electron chi connectivity index (χ0n) is 11.5. The van der Waals surface area contributed by atoms with Gasteiger partial charge in [-0.1, -0.05) is 5.16 Å². The molecular formula is C12H18N4O4. The second kappa shape index (κ2) is 6.49. The maximum atomic E-state index is 12.0. The first-order valence-corrected chi connectivity index (χ1v) is 6.36. The van der Waals surface area contributed by atoms with Crippen LogP contribution in [0.5, 0.6) is 0 Å². The molecule has 0 aromatic carbocycles. The van der Waals surface area contributed by atoms with E-state index in [0.717, 1.165) is 6.54 Å². The highest BCUT2D eigenvalue weighted by Crippen LogP contribution is 2.07. The van der Waals surface area contributed by atoms with Gasteiger partial charge >= 0.3 is 0 Å². The van der Waals surface area contributed by atoms with Crippen LogP contribution < -0.4 is 10.6 Å². The number of amides is 2. The molecule has 1 atom stereocenters. The van der Waals surface area contributed by atoms with Crippen molar-refractivity contribution in [3.63, 3.8) is 0 Å². The quantitative estimate of drug-likeness (QED) is 0.763. The summed E-state index contributed by atoms with van der Waals surface area (Å²) in [6, 6.07) is 1.61. The third kappa shape index (κ3) is 3.78. The molecular weight excluding hydrogens is 264 g/mol. The third-order valence-electron chi connectivity index (χ3n) is 2.86. The molecule has 1 aliphatic heterocycles. The number of hydrogen-bond donors (Lipinski definition) is 2. The molecule has 8 heteroatoms. The molecule has 1 aromatic rings. The number of nitrogens with zero attached hydrogens (tertiary/aromatic N) is 2. The van der Waals surface area contributed by atoms with Crippen LogP contribution in [0.2, 0.25) is 0 Å². The number of rotatable bonds is 4. The highest BCUT2D eigenvalue weighted by Gasteiger charge is 2.26. The van der Waals surface area contributed by atoms with E-state index < -0.39 is 6.10 Å². The van der Waals surface area contributed by atoms with Gasteiger partial charge in [-0.2, -0.15) is 0 Å². The number of aromatic nitrogens is 1. The molecule has 1 aromatic heterocycles. The summed E-state index contributed by atoms with van der Waals surface area (Å²) in [5.74, 6) is 0.386. The van der Waals surface area contributed by atoms with Gasteiger partial charge in [0.2, 0.25) is 5.91 Å². The van der Waals surface area contributed by atoms with Crippen molar-refractivity contribution in [3.05, 3.63) is 11.8 Å². The summed E-state index contributed by atoms with van der Waals surface area (Å²) in [5, 5.41) is 9.28. The molecule has 1 fully saturated rings. The molecule has 1 saturated heterocycles. The maximum absolute atomic E-state index is 12.0. The van der Waals surface area contributed by atoms with Crippen molar-refractivity contribution >= 4 is 17.6 Å². The first-order chi connectivity index (χ1) is 9.56. The first-order valence-electron chi connectivity index (χ1n) is 6.36. The fraction of sp³-hybridized carbons (Fsp3) is 0.583. The largest absolute Gasteiger partial charge is 0.366 e. The van der Waals surface area contributed by atoms with Crippen molar-refractivity contribution in [2.45, 2.75) is 13.0 Å². The Morgan fingerprint density at radius 1 is 1.60 bits per heavy atom. The molecule has 0 saturated carbocycles. The number of anilines is 1. The molecule has 2 heterocycles. The average Bonchev–Trinajstić information content (AvgIpc) is 2.84. The smallest absolute Gasteiger partial charge is 0.253 e. The summed E-state index contributed by atoms with van der Waals surface area (Å²) in [6.07, 6.45) is -0.532. The number of likely N-dealkylation sites (N-methyl/N-ethyl adjacent to an activating group) is 1. The van der Waals surface area contributed by atoms with Crippen LogP contribution in [0.25, 0.3) is 0 Å². The van der Waals surface area contributed by atoms with Crippen molar-refractivity contribution in [2.24, 2.45) is 0 Å². The normalized spacial score (nSPS) is 18.6. The molecule has 2 amide bonds. The summed E-state index contributed by atoms with van der Waals surface area (Å²) in [4.78, 5) is 25.1. The van der Waals surface area contributed by atoms with Gasteiger partial charge in [0.25, 0.3) is 5.91 Å². The van der Waals surface area contributed by atoms with Gasteiger partial charge in [-0.05, 0) is 6.92 Å². The lowest BCUT2D eigenvalue weighted by Crippen LogP contribution is -2.49. The number of carbonyl (C=O) groups excluding carboxylic acids is 2. The molecule has 0 radical (unpaired) electrons. The minimum atomic E-state index is -0.532. The minimum Gasteiger partial charge on any atom is -0.366 e. The Bertz CT molecular complexity index is 482. The molecule has 0 spiro atoms. The zero-order valence-corrected chi connectivity index (χ0v) is 11.5. The summed E-state index contributed by atoms with van der Waals surface area (Å²) in [6.45, 7) is 3.36. The number of morpholine rings is 1. The van der Waals surface area contributed by atoms with Gasteiger partial charge in [0.1, 0.15) is 11.9 Å². The second-order valence-electron chi connectivity index (χ2n) is 4.63. The van der Waals surface area contributed by atoms with Crippen molar-refractivity contribution in [1.29, 1.82) is 0 Å². The maximum Gasteiger partial charge on any atom is 0.253 e. The summed E-state index contributed by atoms with van der Waals surface area (Å²) < 4.78 is 10.2. The molecule has 2 rings (SSSR count). The van der Waals surface area contributed by atoms with Crippen molar-refractivity contribution < 1.29 is 18.8 Å². The van der Waals surface area contributed by atoms with Gasteiger partial charge in [-0.3, -0.25) is 9.59 Å². The number of hydrogen-bond acceptors (Lipinski definition) is 6. The Balaban J connectivity index is 1.82. The van der Waals surface area contributed by atoms with Gasteiger partial charge < -0.3 is 24.8 Å². The Labute approximate surface area is 116 Å². The van der Waals surface area contributed by atoms with E-state index in [1.54, 1.807) is 20.0 Å². The van der Waals surface area contributed by atoms with Gasteiger partial charge in [0.05, 0.1) is 13.2 Å². The van der Waals surface area contributed by atoms with Crippen molar-refractivity contribution in [3.8, 4) is 0 Å².